The van der Waals surface area contributed by atoms with Crippen molar-refractivity contribution < 1.29 is 9.47 Å². The maximum Gasteiger partial charge on any atom is 0.0743 e. The van der Waals surface area contributed by atoms with Crippen LogP contribution in [0.5, 0.6) is 0 Å². The second-order valence-electron chi connectivity index (χ2n) is 5.24. The molecule has 2 rings (SSSR count). The zero-order valence-corrected chi connectivity index (χ0v) is 11.2. The van der Waals surface area contributed by atoms with Crippen LogP contribution < -0.4 is 5.73 Å². The molecule has 2 saturated heterocycles. The molecule has 100 valence electrons. The van der Waals surface area contributed by atoms with Crippen molar-refractivity contribution in [3.05, 3.63) is 0 Å². The average molecular weight is 242 g/mol. The number of likely N-dealkylation sites (tertiary alicyclic amines) is 1. The number of ether oxygens (including phenoxy) is 2. The normalized spacial score (nSPS) is 39.7. The van der Waals surface area contributed by atoms with Crippen molar-refractivity contribution in [1.29, 1.82) is 0 Å². The first kappa shape index (κ1) is 13.3. The fraction of sp³-hybridized carbons (Fsp3) is 1.00. The molecular formula is C13H26N2O2. The van der Waals surface area contributed by atoms with Gasteiger partial charge in [0, 0.05) is 26.3 Å². The van der Waals surface area contributed by atoms with E-state index in [1.54, 1.807) is 0 Å². The summed E-state index contributed by atoms with van der Waals surface area (Å²) in [5, 5.41) is 0. The molecule has 0 saturated carbocycles. The van der Waals surface area contributed by atoms with Gasteiger partial charge in [-0.2, -0.15) is 0 Å². The van der Waals surface area contributed by atoms with Gasteiger partial charge in [-0.05, 0) is 39.7 Å². The lowest BCUT2D eigenvalue weighted by atomic mass is 9.87. The Kier molecular flexibility index (Phi) is 4.42. The molecule has 0 aliphatic carbocycles. The van der Waals surface area contributed by atoms with Gasteiger partial charge < -0.3 is 15.2 Å². The average Bonchev–Trinajstić information content (AvgIpc) is 2.72. The van der Waals surface area contributed by atoms with Crippen LogP contribution in [0.3, 0.4) is 0 Å². The zero-order valence-electron chi connectivity index (χ0n) is 11.2. The lowest BCUT2D eigenvalue weighted by Gasteiger charge is -2.46. The number of hydrogen-bond acceptors (Lipinski definition) is 4. The van der Waals surface area contributed by atoms with E-state index < -0.39 is 0 Å². The summed E-state index contributed by atoms with van der Waals surface area (Å²) < 4.78 is 11.5. The summed E-state index contributed by atoms with van der Waals surface area (Å²) in [6.07, 6.45) is 4.07. The van der Waals surface area contributed by atoms with Gasteiger partial charge in [-0.3, -0.25) is 4.90 Å². The third-order valence-electron chi connectivity index (χ3n) is 4.42. The molecule has 4 heteroatoms. The van der Waals surface area contributed by atoms with Gasteiger partial charge in [-0.25, -0.2) is 0 Å². The molecule has 2 heterocycles. The summed E-state index contributed by atoms with van der Waals surface area (Å²) in [6.45, 7) is 8.71. The van der Waals surface area contributed by atoms with E-state index in [0.29, 0.717) is 12.6 Å². The van der Waals surface area contributed by atoms with Crippen molar-refractivity contribution in [3.63, 3.8) is 0 Å². The SMILES string of the molecule is CCOC1CCCN(C2(CN)CCOC2C)C1. The molecule has 0 spiro atoms. The molecule has 3 unspecified atom stereocenters. The summed E-state index contributed by atoms with van der Waals surface area (Å²) >= 11 is 0. The standard InChI is InChI=1S/C13H26N2O2/c1-3-16-12-5-4-7-15(9-12)13(10-14)6-8-17-11(13)2/h11-12H,3-10,14H2,1-2H3. The number of rotatable bonds is 4. The summed E-state index contributed by atoms with van der Waals surface area (Å²) in [6, 6.07) is 0. The minimum absolute atomic E-state index is 0.0514. The molecule has 0 radical (unpaired) electrons. The van der Waals surface area contributed by atoms with Crippen LogP contribution in [-0.4, -0.2) is 55.5 Å². The Bertz CT molecular complexity index is 248. The first-order valence-electron chi connectivity index (χ1n) is 6.91. The molecule has 17 heavy (non-hydrogen) atoms. The lowest BCUT2D eigenvalue weighted by molar-refractivity contribution is -0.0525. The molecular weight excluding hydrogens is 216 g/mol. The van der Waals surface area contributed by atoms with Gasteiger partial charge in [0.2, 0.25) is 0 Å². The summed E-state index contributed by atoms with van der Waals surface area (Å²) in [4.78, 5) is 2.52. The number of hydrogen-bond donors (Lipinski definition) is 1. The Balaban J connectivity index is 2.04. The monoisotopic (exact) mass is 242 g/mol. The van der Waals surface area contributed by atoms with E-state index in [-0.39, 0.29) is 11.6 Å². The molecule has 3 atom stereocenters. The van der Waals surface area contributed by atoms with Crippen molar-refractivity contribution in [2.45, 2.75) is 50.9 Å². The van der Waals surface area contributed by atoms with E-state index in [4.69, 9.17) is 15.2 Å². The molecule has 0 aromatic rings. The Hall–Kier alpha value is -0.160. The van der Waals surface area contributed by atoms with E-state index in [2.05, 4.69) is 18.7 Å². The van der Waals surface area contributed by atoms with Gasteiger partial charge in [0.25, 0.3) is 0 Å². The number of nitrogens with two attached hydrogens (primary N) is 1. The Morgan fingerprint density at radius 2 is 2.35 bits per heavy atom. The van der Waals surface area contributed by atoms with Crippen LogP contribution in [0.1, 0.15) is 33.1 Å². The van der Waals surface area contributed by atoms with Crippen molar-refractivity contribution in [3.8, 4) is 0 Å². The number of piperidine rings is 1. The minimum atomic E-state index is 0.0514. The predicted octanol–water partition coefficient (Wildman–Crippen LogP) is 0.994. The van der Waals surface area contributed by atoms with Gasteiger partial charge in [-0.1, -0.05) is 0 Å². The fourth-order valence-corrected chi connectivity index (χ4v) is 3.30. The quantitative estimate of drug-likeness (QED) is 0.799. The second-order valence-corrected chi connectivity index (χ2v) is 5.24. The maximum atomic E-state index is 6.05. The van der Waals surface area contributed by atoms with Crippen molar-refractivity contribution in [2.24, 2.45) is 5.73 Å². The largest absolute Gasteiger partial charge is 0.377 e. The van der Waals surface area contributed by atoms with Gasteiger partial charge in [-0.15, -0.1) is 0 Å². The van der Waals surface area contributed by atoms with Gasteiger partial charge in [0.15, 0.2) is 0 Å². The molecule has 0 aromatic heterocycles. The molecule has 4 nitrogen and oxygen atoms in total. The molecule has 0 aromatic carbocycles. The first-order valence-corrected chi connectivity index (χ1v) is 6.91. The topological polar surface area (TPSA) is 47.7 Å². The van der Waals surface area contributed by atoms with Crippen molar-refractivity contribution >= 4 is 0 Å². The maximum absolute atomic E-state index is 6.05. The van der Waals surface area contributed by atoms with E-state index in [9.17, 15) is 0 Å². The van der Waals surface area contributed by atoms with Crippen LogP contribution in [0.2, 0.25) is 0 Å². The van der Waals surface area contributed by atoms with Crippen LogP contribution in [0.4, 0.5) is 0 Å². The van der Waals surface area contributed by atoms with Crippen LogP contribution in [0.25, 0.3) is 0 Å². The molecule has 2 aliphatic rings. The highest BCUT2D eigenvalue weighted by molar-refractivity contribution is 5.02. The highest BCUT2D eigenvalue weighted by Gasteiger charge is 2.46. The summed E-state index contributed by atoms with van der Waals surface area (Å²) in [5.41, 5.74) is 6.10. The Labute approximate surface area is 104 Å². The summed E-state index contributed by atoms with van der Waals surface area (Å²) in [7, 11) is 0. The van der Waals surface area contributed by atoms with Crippen molar-refractivity contribution in [2.75, 3.05) is 32.8 Å². The molecule has 0 amide bonds. The molecule has 2 aliphatic heterocycles. The van der Waals surface area contributed by atoms with Crippen LogP contribution in [0, 0.1) is 0 Å². The van der Waals surface area contributed by atoms with E-state index >= 15 is 0 Å². The number of nitrogens with zero attached hydrogens (tertiary/aromatic N) is 1. The fourth-order valence-electron chi connectivity index (χ4n) is 3.30. The van der Waals surface area contributed by atoms with Crippen LogP contribution >= 0.6 is 0 Å². The third-order valence-corrected chi connectivity index (χ3v) is 4.42. The van der Waals surface area contributed by atoms with E-state index in [1.165, 1.54) is 12.8 Å². The second kappa shape index (κ2) is 5.65. The van der Waals surface area contributed by atoms with Crippen LogP contribution in [0.15, 0.2) is 0 Å². The highest BCUT2D eigenvalue weighted by Crippen LogP contribution is 2.33. The van der Waals surface area contributed by atoms with E-state index in [1.807, 2.05) is 0 Å². The van der Waals surface area contributed by atoms with Gasteiger partial charge in [0.1, 0.15) is 0 Å². The molecule has 2 fully saturated rings. The molecule has 2 N–H and O–H groups in total. The Morgan fingerprint density at radius 3 is 2.94 bits per heavy atom. The van der Waals surface area contributed by atoms with Crippen molar-refractivity contribution in [1.82, 2.24) is 4.90 Å². The van der Waals surface area contributed by atoms with Crippen LogP contribution in [-0.2, 0) is 9.47 Å². The lowest BCUT2D eigenvalue weighted by Crippen LogP contribution is -2.61. The Morgan fingerprint density at radius 1 is 1.53 bits per heavy atom. The van der Waals surface area contributed by atoms with E-state index in [0.717, 1.165) is 32.7 Å². The predicted molar refractivity (Wildman–Crippen MR) is 68.0 cm³/mol. The smallest absolute Gasteiger partial charge is 0.0743 e. The van der Waals surface area contributed by atoms with Gasteiger partial charge in [0.05, 0.1) is 17.7 Å². The first-order chi connectivity index (χ1) is 8.23. The summed E-state index contributed by atoms with van der Waals surface area (Å²) in [5.74, 6) is 0. The minimum Gasteiger partial charge on any atom is -0.377 e. The van der Waals surface area contributed by atoms with Gasteiger partial charge >= 0.3 is 0 Å². The molecule has 0 bridgehead atoms. The third kappa shape index (κ3) is 2.50. The zero-order chi connectivity index (χ0) is 12.3. The highest BCUT2D eigenvalue weighted by atomic mass is 16.5.